The van der Waals surface area contributed by atoms with Crippen LogP contribution in [0.2, 0.25) is 0 Å². The highest BCUT2D eigenvalue weighted by atomic mass is 16.5. The Balaban J connectivity index is 0.000000227. The second-order valence-corrected chi connectivity index (χ2v) is 5.91. The van der Waals surface area contributed by atoms with Crippen molar-refractivity contribution in [3.8, 4) is 5.82 Å². The Bertz CT molecular complexity index is 948. The summed E-state index contributed by atoms with van der Waals surface area (Å²) in [6, 6.07) is 3.79. The second kappa shape index (κ2) is 9.58. The zero-order valence-corrected chi connectivity index (χ0v) is 15.8. The van der Waals surface area contributed by atoms with E-state index in [0.29, 0.717) is 29.9 Å². The number of carbonyl (C=O) groups excluding carboxylic acids is 1. The fourth-order valence-electron chi connectivity index (χ4n) is 2.19. The molecule has 3 aromatic heterocycles. The van der Waals surface area contributed by atoms with Gasteiger partial charge in [0.1, 0.15) is 5.39 Å². The van der Waals surface area contributed by atoms with Gasteiger partial charge in [0.05, 0.1) is 38.8 Å². The van der Waals surface area contributed by atoms with Crippen molar-refractivity contribution in [3.05, 3.63) is 46.8 Å². The Morgan fingerprint density at radius 1 is 1.33 bits per heavy atom. The number of esters is 1. The highest BCUT2D eigenvalue weighted by Crippen LogP contribution is 2.13. The normalized spacial score (nSPS) is 10.6. The van der Waals surface area contributed by atoms with Gasteiger partial charge in [0, 0.05) is 6.20 Å². The number of hydrogen-bond donors (Lipinski definition) is 1. The summed E-state index contributed by atoms with van der Waals surface area (Å²) in [7, 11) is 1.37. The lowest BCUT2D eigenvalue weighted by Gasteiger charge is -2.05. The first-order chi connectivity index (χ1) is 12.9. The lowest BCUT2D eigenvalue weighted by atomic mass is 10.3. The third-order valence-electron chi connectivity index (χ3n) is 3.54. The van der Waals surface area contributed by atoms with E-state index in [1.54, 1.807) is 10.9 Å². The van der Waals surface area contributed by atoms with Gasteiger partial charge in [0.25, 0.3) is 5.56 Å². The number of fused-ring (bicyclic) bond motifs is 1. The maximum absolute atomic E-state index is 11.5. The molecule has 3 aromatic rings. The Morgan fingerprint density at radius 3 is 2.78 bits per heavy atom. The van der Waals surface area contributed by atoms with E-state index in [1.165, 1.54) is 19.6 Å². The largest absolute Gasteiger partial charge is 0.469 e. The molecule has 0 aliphatic heterocycles. The fraction of sp³-hybridized carbons (Fsp3) is 0.389. The van der Waals surface area contributed by atoms with E-state index >= 15 is 0 Å². The molecule has 0 atom stereocenters. The van der Waals surface area contributed by atoms with Gasteiger partial charge < -0.3 is 14.5 Å². The number of nitrogens with zero attached hydrogens (tertiary/aromatic N) is 4. The van der Waals surface area contributed by atoms with E-state index < -0.39 is 0 Å². The summed E-state index contributed by atoms with van der Waals surface area (Å²) in [4.78, 5) is 32.9. The molecule has 0 radical (unpaired) electrons. The van der Waals surface area contributed by atoms with Crippen molar-refractivity contribution in [2.45, 2.75) is 33.3 Å². The Labute approximate surface area is 156 Å². The van der Waals surface area contributed by atoms with E-state index in [9.17, 15) is 9.59 Å². The molecule has 9 nitrogen and oxygen atoms in total. The van der Waals surface area contributed by atoms with Crippen molar-refractivity contribution in [3.63, 3.8) is 0 Å². The van der Waals surface area contributed by atoms with Crippen LogP contribution < -0.4 is 5.56 Å². The van der Waals surface area contributed by atoms with Crippen LogP contribution in [0.25, 0.3) is 16.9 Å². The van der Waals surface area contributed by atoms with Gasteiger partial charge in [-0.15, -0.1) is 0 Å². The summed E-state index contributed by atoms with van der Waals surface area (Å²) in [5, 5.41) is 4.61. The average Bonchev–Trinajstić information content (AvgIpc) is 3.07. The van der Waals surface area contributed by atoms with Crippen molar-refractivity contribution >= 4 is 17.0 Å². The van der Waals surface area contributed by atoms with Crippen LogP contribution in [-0.4, -0.2) is 50.5 Å². The van der Waals surface area contributed by atoms with E-state index in [4.69, 9.17) is 4.74 Å². The standard InChI is InChI=1S/C11H9N5O.C7H14O3/c1-7-3-2-4-12-9(7)16-10-8(5-15-16)11(17)14-6-13-10;1-6(2)10-5-4-7(8)9-3/h2-6H,1H3,(H,13,14,17);6H,4-5H2,1-3H3. The molecule has 0 fully saturated rings. The third-order valence-corrected chi connectivity index (χ3v) is 3.54. The number of pyridine rings is 1. The minimum absolute atomic E-state index is 0.185. The number of methoxy groups -OCH3 is 1. The van der Waals surface area contributed by atoms with Crippen LogP contribution in [0.3, 0.4) is 0 Å². The maximum atomic E-state index is 11.5. The number of rotatable bonds is 5. The molecule has 144 valence electrons. The molecule has 0 aliphatic rings. The fourth-order valence-corrected chi connectivity index (χ4v) is 2.19. The molecule has 0 amide bonds. The quantitative estimate of drug-likeness (QED) is 0.679. The number of aryl methyl sites for hydroxylation is 1. The summed E-state index contributed by atoms with van der Waals surface area (Å²) in [6.07, 6.45) is 5.07. The molecule has 1 N–H and O–H groups in total. The van der Waals surface area contributed by atoms with Gasteiger partial charge in [-0.2, -0.15) is 9.78 Å². The topological polar surface area (TPSA) is 112 Å². The number of aromatic amines is 1. The lowest BCUT2D eigenvalue weighted by Crippen LogP contribution is -2.09. The molecule has 0 saturated carbocycles. The Morgan fingerprint density at radius 2 is 2.11 bits per heavy atom. The second-order valence-electron chi connectivity index (χ2n) is 5.91. The number of ether oxygens (including phenoxy) is 2. The predicted octanol–water partition coefficient (Wildman–Crippen LogP) is 1.79. The van der Waals surface area contributed by atoms with Crippen LogP contribution in [0, 0.1) is 6.92 Å². The number of H-pyrrole nitrogens is 1. The minimum atomic E-state index is -0.222. The van der Waals surface area contributed by atoms with Crippen LogP contribution in [-0.2, 0) is 14.3 Å². The van der Waals surface area contributed by atoms with Crippen LogP contribution in [0.4, 0.5) is 0 Å². The predicted molar refractivity (Wildman–Crippen MR) is 99.7 cm³/mol. The summed E-state index contributed by atoms with van der Waals surface area (Å²) in [5.41, 5.74) is 1.28. The summed E-state index contributed by atoms with van der Waals surface area (Å²) < 4.78 is 11.1. The number of aromatic nitrogens is 5. The molecule has 27 heavy (non-hydrogen) atoms. The molecule has 0 bridgehead atoms. The van der Waals surface area contributed by atoms with Crippen molar-refractivity contribution < 1.29 is 14.3 Å². The van der Waals surface area contributed by atoms with Crippen molar-refractivity contribution in [1.29, 1.82) is 0 Å². The van der Waals surface area contributed by atoms with Crippen molar-refractivity contribution in [1.82, 2.24) is 24.7 Å². The van der Waals surface area contributed by atoms with Gasteiger partial charge in [-0.3, -0.25) is 9.59 Å². The third kappa shape index (κ3) is 5.45. The van der Waals surface area contributed by atoms with Crippen LogP contribution >= 0.6 is 0 Å². The lowest BCUT2D eigenvalue weighted by molar-refractivity contribution is -0.142. The average molecular weight is 373 g/mol. The molecule has 0 aromatic carbocycles. The summed E-state index contributed by atoms with van der Waals surface area (Å²) in [6.45, 7) is 6.24. The highest BCUT2D eigenvalue weighted by molar-refractivity contribution is 5.74. The molecule has 3 rings (SSSR count). The first-order valence-corrected chi connectivity index (χ1v) is 8.45. The maximum Gasteiger partial charge on any atom is 0.307 e. The summed E-state index contributed by atoms with van der Waals surface area (Å²) in [5.74, 6) is 0.459. The van der Waals surface area contributed by atoms with E-state index in [1.807, 2.05) is 32.9 Å². The molecule has 9 heteroatoms. The van der Waals surface area contributed by atoms with E-state index in [0.717, 1.165) is 5.56 Å². The monoisotopic (exact) mass is 373 g/mol. The Kier molecular flexibility index (Phi) is 7.18. The van der Waals surface area contributed by atoms with Crippen molar-refractivity contribution in [2.24, 2.45) is 0 Å². The van der Waals surface area contributed by atoms with E-state index in [2.05, 4.69) is 24.8 Å². The first-order valence-electron chi connectivity index (χ1n) is 8.45. The molecular formula is C18H23N5O4. The van der Waals surface area contributed by atoms with E-state index in [-0.39, 0.29) is 17.6 Å². The number of hydrogen-bond acceptors (Lipinski definition) is 7. The minimum Gasteiger partial charge on any atom is -0.469 e. The number of carbonyl (C=O) groups is 1. The van der Waals surface area contributed by atoms with Crippen LogP contribution in [0.5, 0.6) is 0 Å². The van der Waals surface area contributed by atoms with Gasteiger partial charge in [0.15, 0.2) is 11.5 Å². The molecule has 0 saturated heterocycles. The van der Waals surface area contributed by atoms with Gasteiger partial charge >= 0.3 is 5.97 Å². The zero-order chi connectivity index (χ0) is 19.8. The van der Waals surface area contributed by atoms with Gasteiger partial charge in [-0.05, 0) is 32.4 Å². The van der Waals surface area contributed by atoms with Gasteiger partial charge in [-0.25, -0.2) is 9.97 Å². The Hall–Kier alpha value is -3.07. The SMILES string of the molecule is COC(=O)CCOC(C)C.Cc1cccnc1-n1ncc2c(=O)[nH]cnc21. The van der Waals surface area contributed by atoms with Gasteiger partial charge in [0.2, 0.25) is 0 Å². The van der Waals surface area contributed by atoms with Crippen LogP contribution in [0.15, 0.2) is 35.6 Å². The molecular weight excluding hydrogens is 350 g/mol. The molecule has 0 spiro atoms. The summed E-state index contributed by atoms with van der Waals surface area (Å²) >= 11 is 0. The molecule has 0 aliphatic carbocycles. The molecule has 3 heterocycles. The highest BCUT2D eigenvalue weighted by Gasteiger charge is 2.10. The van der Waals surface area contributed by atoms with Gasteiger partial charge in [-0.1, -0.05) is 6.07 Å². The number of nitrogens with one attached hydrogen (secondary N) is 1. The zero-order valence-electron chi connectivity index (χ0n) is 15.8. The molecule has 0 unspecified atom stereocenters. The van der Waals surface area contributed by atoms with Crippen LogP contribution in [0.1, 0.15) is 25.8 Å². The smallest absolute Gasteiger partial charge is 0.307 e. The first kappa shape index (κ1) is 20.2. The van der Waals surface area contributed by atoms with Crippen molar-refractivity contribution in [2.75, 3.05) is 13.7 Å².